The summed E-state index contributed by atoms with van der Waals surface area (Å²) in [6, 6.07) is 10.4. The Hall–Kier alpha value is -0.860. The lowest BCUT2D eigenvalue weighted by molar-refractivity contribution is -0.0637. The predicted molar refractivity (Wildman–Crippen MR) is 78.0 cm³/mol. The molecule has 0 N–H and O–H groups in total. The fraction of sp³-hybridized carbons (Fsp3) is 0.647. The highest BCUT2D eigenvalue weighted by Gasteiger charge is 2.26. The second-order valence-corrected chi connectivity index (χ2v) is 5.35. The van der Waals surface area contributed by atoms with Crippen molar-refractivity contribution in [2.45, 2.75) is 64.3 Å². The first-order valence-corrected chi connectivity index (χ1v) is 7.72. The van der Waals surface area contributed by atoms with Crippen LogP contribution in [0, 0.1) is 0 Å². The fourth-order valence-corrected chi connectivity index (χ4v) is 2.54. The van der Waals surface area contributed by atoms with Gasteiger partial charge in [0, 0.05) is 0 Å². The quantitative estimate of drug-likeness (QED) is 0.623. The average Bonchev–Trinajstić information content (AvgIpc) is 2.92. The van der Waals surface area contributed by atoms with Gasteiger partial charge in [-0.3, -0.25) is 0 Å². The molecule has 0 aliphatic carbocycles. The predicted octanol–water partition coefficient (Wildman–Crippen LogP) is 4.85. The molecule has 1 aliphatic heterocycles. The molecule has 0 unspecified atom stereocenters. The molecule has 1 aromatic carbocycles. The Balaban J connectivity index is 1.60. The molecule has 1 saturated heterocycles. The van der Waals surface area contributed by atoms with Crippen molar-refractivity contribution in [2.24, 2.45) is 0 Å². The van der Waals surface area contributed by atoms with E-state index in [9.17, 15) is 0 Å². The molecular formula is C17H26O2. The topological polar surface area (TPSA) is 18.5 Å². The molecule has 19 heavy (non-hydrogen) atoms. The summed E-state index contributed by atoms with van der Waals surface area (Å²) >= 11 is 0. The summed E-state index contributed by atoms with van der Waals surface area (Å²) in [5, 5.41) is 0. The van der Waals surface area contributed by atoms with Crippen LogP contribution in [0.5, 0.6) is 0 Å². The molecule has 0 amide bonds. The van der Waals surface area contributed by atoms with Crippen molar-refractivity contribution in [1.29, 1.82) is 0 Å². The molecule has 2 nitrogen and oxygen atoms in total. The van der Waals surface area contributed by atoms with Gasteiger partial charge < -0.3 is 9.47 Å². The van der Waals surface area contributed by atoms with Gasteiger partial charge in [-0.15, -0.1) is 0 Å². The van der Waals surface area contributed by atoms with E-state index in [1.165, 1.54) is 44.1 Å². The van der Waals surface area contributed by atoms with Gasteiger partial charge in [-0.05, 0) is 18.4 Å². The van der Waals surface area contributed by atoms with E-state index in [2.05, 4.69) is 31.2 Å². The molecule has 2 atom stereocenters. The largest absolute Gasteiger partial charge is 0.350 e. The zero-order valence-corrected chi connectivity index (χ0v) is 12.0. The molecule has 2 rings (SSSR count). The zero-order chi connectivity index (χ0) is 13.3. The van der Waals surface area contributed by atoms with Crippen molar-refractivity contribution in [3.05, 3.63) is 35.9 Å². The highest BCUT2D eigenvalue weighted by Crippen LogP contribution is 2.28. The van der Waals surface area contributed by atoms with Gasteiger partial charge in [-0.1, -0.05) is 69.4 Å². The monoisotopic (exact) mass is 262 g/mol. The summed E-state index contributed by atoms with van der Waals surface area (Å²) in [5.41, 5.74) is 1.23. The Kier molecular flexibility index (Phi) is 6.38. The average molecular weight is 262 g/mol. The van der Waals surface area contributed by atoms with E-state index in [1.54, 1.807) is 0 Å². The van der Waals surface area contributed by atoms with Gasteiger partial charge >= 0.3 is 0 Å². The standard InChI is InChI=1S/C17H26O2/c1-2-3-4-5-6-10-13-17-18-14-16(19-17)15-11-8-7-9-12-15/h7-9,11-12,16-17H,2-6,10,13-14H2,1H3/t16-,17+/m1/s1. The summed E-state index contributed by atoms with van der Waals surface area (Å²) in [6.07, 6.45) is 9.10. The van der Waals surface area contributed by atoms with Gasteiger partial charge in [0.05, 0.1) is 6.61 Å². The van der Waals surface area contributed by atoms with Crippen molar-refractivity contribution >= 4 is 0 Å². The van der Waals surface area contributed by atoms with E-state index in [4.69, 9.17) is 9.47 Å². The minimum atomic E-state index is 0.0105. The first-order chi connectivity index (χ1) is 9.40. The van der Waals surface area contributed by atoms with Gasteiger partial charge in [0.1, 0.15) is 6.10 Å². The highest BCUT2D eigenvalue weighted by atomic mass is 16.7. The van der Waals surface area contributed by atoms with Crippen LogP contribution in [-0.4, -0.2) is 12.9 Å². The van der Waals surface area contributed by atoms with E-state index in [0.717, 1.165) is 6.42 Å². The molecule has 0 aromatic heterocycles. The SMILES string of the molecule is CCCCCCCC[C@H]1OC[C@H](c2ccccc2)O1. The lowest BCUT2D eigenvalue weighted by atomic mass is 10.1. The number of hydrogen-bond donors (Lipinski definition) is 0. The van der Waals surface area contributed by atoms with Crippen LogP contribution >= 0.6 is 0 Å². The van der Waals surface area contributed by atoms with Crippen LogP contribution < -0.4 is 0 Å². The first-order valence-electron chi connectivity index (χ1n) is 7.72. The molecule has 0 spiro atoms. The molecule has 1 aromatic rings. The molecule has 1 aliphatic rings. The molecule has 0 radical (unpaired) electrons. The van der Waals surface area contributed by atoms with Gasteiger partial charge in [0.2, 0.25) is 0 Å². The van der Waals surface area contributed by atoms with Gasteiger partial charge in [-0.25, -0.2) is 0 Å². The van der Waals surface area contributed by atoms with Crippen LogP contribution in [0.25, 0.3) is 0 Å². The third-order valence-electron chi connectivity index (χ3n) is 3.71. The van der Waals surface area contributed by atoms with Crippen molar-refractivity contribution in [1.82, 2.24) is 0 Å². The molecule has 2 heteroatoms. The van der Waals surface area contributed by atoms with Crippen LogP contribution in [0.15, 0.2) is 30.3 Å². The molecule has 0 saturated carbocycles. The van der Waals surface area contributed by atoms with E-state index in [0.29, 0.717) is 6.61 Å². The maximum absolute atomic E-state index is 5.95. The second-order valence-electron chi connectivity index (χ2n) is 5.35. The maximum atomic E-state index is 5.95. The van der Waals surface area contributed by atoms with Crippen LogP contribution in [0.3, 0.4) is 0 Å². The summed E-state index contributed by atoms with van der Waals surface area (Å²) < 4.78 is 11.7. The second kappa shape index (κ2) is 8.34. The first kappa shape index (κ1) is 14.5. The van der Waals surface area contributed by atoms with E-state index >= 15 is 0 Å². The molecular weight excluding hydrogens is 236 g/mol. The Labute approximate surface area is 117 Å². The highest BCUT2D eigenvalue weighted by molar-refractivity contribution is 5.18. The third kappa shape index (κ3) is 4.96. The van der Waals surface area contributed by atoms with E-state index in [-0.39, 0.29) is 12.4 Å². The summed E-state index contributed by atoms with van der Waals surface area (Å²) in [5.74, 6) is 0. The molecule has 1 heterocycles. The lowest BCUT2D eigenvalue weighted by Crippen LogP contribution is -2.07. The Morgan fingerprint density at radius 3 is 2.53 bits per heavy atom. The lowest BCUT2D eigenvalue weighted by Gasteiger charge is -2.11. The van der Waals surface area contributed by atoms with E-state index in [1.807, 2.05) is 6.07 Å². The van der Waals surface area contributed by atoms with Crippen molar-refractivity contribution in [3.8, 4) is 0 Å². The van der Waals surface area contributed by atoms with Crippen LogP contribution in [-0.2, 0) is 9.47 Å². The molecule has 0 bridgehead atoms. The van der Waals surface area contributed by atoms with Gasteiger partial charge in [0.25, 0.3) is 0 Å². The number of rotatable bonds is 8. The van der Waals surface area contributed by atoms with E-state index < -0.39 is 0 Å². The van der Waals surface area contributed by atoms with Gasteiger partial charge in [0.15, 0.2) is 6.29 Å². The van der Waals surface area contributed by atoms with Gasteiger partial charge in [-0.2, -0.15) is 0 Å². The van der Waals surface area contributed by atoms with Crippen molar-refractivity contribution in [2.75, 3.05) is 6.61 Å². The summed E-state index contributed by atoms with van der Waals surface area (Å²) in [6.45, 7) is 2.95. The van der Waals surface area contributed by atoms with Crippen molar-refractivity contribution < 1.29 is 9.47 Å². The Morgan fingerprint density at radius 2 is 1.74 bits per heavy atom. The number of unbranched alkanes of at least 4 members (excludes halogenated alkanes) is 5. The smallest absolute Gasteiger partial charge is 0.158 e. The summed E-state index contributed by atoms with van der Waals surface area (Å²) in [7, 11) is 0. The maximum Gasteiger partial charge on any atom is 0.158 e. The zero-order valence-electron chi connectivity index (χ0n) is 12.0. The van der Waals surface area contributed by atoms with Crippen molar-refractivity contribution in [3.63, 3.8) is 0 Å². The minimum Gasteiger partial charge on any atom is -0.350 e. The Morgan fingerprint density at radius 1 is 1.00 bits per heavy atom. The molecule has 106 valence electrons. The molecule has 1 fully saturated rings. The Bertz CT molecular complexity index is 336. The number of ether oxygens (including phenoxy) is 2. The minimum absolute atomic E-state index is 0.0105. The third-order valence-corrected chi connectivity index (χ3v) is 3.71. The normalized spacial score (nSPS) is 22.8. The number of benzene rings is 1. The summed E-state index contributed by atoms with van der Waals surface area (Å²) in [4.78, 5) is 0. The fourth-order valence-electron chi connectivity index (χ4n) is 2.54. The number of hydrogen-bond acceptors (Lipinski definition) is 2. The van der Waals surface area contributed by atoms with Crippen LogP contribution in [0.2, 0.25) is 0 Å². The van der Waals surface area contributed by atoms with Crippen LogP contribution in [0.4, 0.5) is 0 Å². The van der Waals surface area contributed by atoms with Crippen LogP contribution in [0.1, 0.15) is 63.5 Å².